The zero-order chi connectivity index (χ0) is 17.4. The van der Waals surface area contributed by atoms with E-state index in [2.05, 4.69) is 10.5 Å². The maximum absolute atomic E-state index is 11.9. The molecule has 0 aliphatic heterocycles. The predicted octanol–water partition coefficient (Wildman–Crippen LogP) is 3.15. The molecule has 0 heterocycles. The van der Waals surface area contributed by atoms with Crippen molar-refractivity contribution in [1.29, 1.82) is 0 Å². The van der Waals surface area contributed by atoms with Gasteiger partial charge in [-0.15, -0.1) is 0 Å². The molecule has 0 spiro atoms. The van der Waals surface area contributed by atoms with Crippen molar-refractivity contribution in [3.63, 3.8) is 0 Å². The van der Waals surface area contributed by atoms with Gasteiger partial charge in [-0.3, -0.25) is 14.9 Å². The Bertz CT molecular complexity index is 742. The van der Waals surface area contributed by atoms with E-state index in [0.29, 0.717) is 6.61 Å². The Morgan fingerprint density at radius 2 is 2.04 bits per heavy atom. The van der Waals surface area contributed by atoms with Crippen LogP contribution in [-0.4, -0.2) is 23.7 Å². The van der Waals surface area contributed by atoms with Crippen LogP contribution in [-0.2, 0) is 0 Å². The van der Waals surface area contributed by atoms with Crippen LogP contribution in [0.4, 0.5) is 5.69 Å². The van der Waals surface area contributed by atoms with Crippen LogP contribution in [0.1, 0.15) is 29.3 Å². The number of nitrogens with one attached hydrogen (secondary N) is 1. The van der Waals surface area contributed by atoms with E-state index in [0.717, 1.165) is 17.7 Å². The molecule has 0 fully saturated rings. The van der Waals surface area contributed by atoms with Gasteiger partial charge in [-0.1, -0.05) is 13.0 Å². The first-order valence-corrected chi connectivity index (χ1v) is 7.41. The molecule has 2 aromatic carbocycles. The number of carbonyl (C=O) groups excluding carboxylic acids is 1. The third-order valence-corrected chi connectivity index (χ3v) is 3.05. The Labute approximate surface area is 139 Å². The number of hydrazone groups is 1. The summed E-state index contributed by atoms with van der Waals surface area (Å²) in [5.74, 6) is 0.257. The van der Waals surface area contributed by atoms with Crippen LogP contribution in [0.5, 0.6) is 5.75 Å². The molecular formula is C17H17N3O4. The van der Waals surface area contributed by atoms with Crippen molar-refractivity contribution in [2.24, 2.45) is 5.10 Å². The summed E-state index contributed by atoms with van der Waals surface area (Å²) in [6, 6.07) is 12.7. The monoisotopic (exact) mass is 327 g/mol. The van der Waals surface area contributed by atoms with Gasteiger partial charge in [-0.25, -0.2) is 5.43 Å². The molecule has 7 heteroatoms. The number of non-ortho nitro benzene ring substituents is 1. The zero-order valence-electron chi connectivity index (χ0n) is 13.1. The SMILES string of the molecule is CCCOc1ccc(C=NNC(=O)c2cccc([N+](=O)[O-])c2)cc1. The molecule has 24 heavy (non-hydrogen) atoms. The van der Waals surface area contributed by atoms with Crippen molar-refractivity contribution in [3.05, 3.63) is 69.8 Å². The van der Waals surface area contributed by atoms with E-state index < -0.39 is 10.8 Å². The third-order valence-electron chi connectivity index (χ3n) is 3.05. The van der Waals surface area contributed by atoms with Gasteiger partial charge in [0.15, 0.2) is 0 Å². The highest BCUT2D eigenvalue weighted by molar-refractivity contribution is 5.95. The second-order valence-electron chi connectivity index (χ2n) is 4.92. The number of nitrogens with zero attached hydrogens (tertiary/aromatic N) is 2. The van der Waals surface area contributed by atoms with Crippen LogP contribution in [0, 0.1) is 10.1 Å². The van der Waals surface area contributed by atoms with Gasteiger partial charge in [0.25, 0.3) is 11.6 Å². The van der Waals surface area contributed by atoms with Crippen molar-refractivity contribution in [2.75, 3.05) is 6.61 Å². The average Bonchev–Trinajstić information content (AvgIpc) is 2.61. The van der Waals surface area contributed by atoms with E-state index in [4.69, 9.17) is 4.74 Å². The Morgan fingerprint density at radius 3 is 2.71 bits per heavy atom. The van der Waals surface area contributed by atoms with Gasteiger partial charge >= 0.3 is 0 Å². The lowest BCUT2D eigenvalue weighted by Crippen LogP contribution is -2.17. The van der Waals surface area contributed by atoms with Crippen LogP contribution in [0.15, 0.2) is 53.6 Å². The van der Waals surface area contributed by atoms with Crippen LogP contribution < -0.4 is 10.2 Å². The van der Waals surface area contributed by atoms with Crippen LogP contribution in [0.25, 0.3) is 0 Å². The Kier molecular flexibility index (Phi) is 6.01. The number of nitro groups is 1. The van der Waals surface area contributed by atoms with Gasteiger partial charge in [0, 0.05) is 17.7 Å². The molecule has 2 rings (SSSR count). The summed E-state index contributed by atoms with van der Waals surface area (Å²) < 4.78 is 5.47. The first-order chi connectivity index (χ1) is 11.6. The number of ether oxygens (including phenoxy) is 1. The van der Waals surface area contributed by atoms with E-state index in [1.54, 1.807) is 0 Å². The Balaban J connectivity index is 1.94. The second kappa shape index (κ2) is 8.42. The summed E-state index contributed by atoms with van der Waals surface area (Å²) >= 11 is 0. The number of hydrogen-bond acceptors (Lipinski definition) is 5. The molecule has 0 unspecified atom stereocenters. The minimum Gasteiger partial charge on any atom is -0.494 e. The number of rotatable bonds is 7. The average molecular weight is 327 g/mol. The van der Waals surface area contributed by atoms with Crippen molar-refractivity contribution in [2.45, 2.75) is 13.3 Å². The fraction of sp³-hybridized carbons (Fsp3) is 0.176. The number of benzene rings is 2. The van der Waals surface area contributed by atoms with Gasteiger partial charge in [-0.05, 0) is 42.3 Å². The molecule has 0 radical (unpaired) electrons. The maximum atomic E-state index is 11.9. The van der Waals surface area contributed by atoms with Crippen LogP contribution in [0.2, 0.25) is 0 Å². The molecule has 0 aromatic heterocycles. The summed E-state index contributed by atoms with van der Waals surface area (Å²) in [5.41, 5.74) is 3.16. The normalized spacial score (nSPS) is 10.5. The molecular weight excluding hydrogens is 310 g/mol. The van der Waals surface area contributed by atoms with E-state index >= 15 is 0 Å². The fourth-order valence-corrected chi connectivity index (χ4v) is 1.86. The summed E-state index contributed by atoms with van der Waals surface area (Å²) in [4.78, 5) is 22.1. The standard InChI is InChI=1S/C17H17N3O4/c1-2-10-24-16-8-6-13(7-9-16)12-18-19-17(21)14-4-3-5-15(11-14)20(22)23/h3-9,11-12H,2,10H2,1H3,(H,19,21). The van der Waals surface area contributed by atoms with Crippen molar-refractivity contribution < 1.29 is 14.5 Å². The quantitative estimate of drug-likeness (QED) is 0.480. The molecule has 1 N–H and O–H groups in total. The molecule has 0 atom stereocenters. The molecule has 7 nitrogen and oxygen atoms in total. The minimum absolute atomic E-state index is 0.144. The number of carbonyl (C=O) groups is 1. The lowest BCUT2D eigenvalue weighted by molar-refractivity contribution is -0.384. The second-order valence-corrected chi connectivity index (χ2v) is 4.92. The topological polar surface area (TPSA) is 93.8 Å². The largest absolute Gasteiger partial charge is 0.494 e. The molecule has 1 amide bonds. The maximum Gasteiger partial charge on any atom is 0.271 e. The smallest absolute Gasteiger partial charge is 0.271 e. The van der Waals surface area contributed by atoms with E-state index in [-0.39, 0.29) is 11.3 Å². The summed E-state index contributed by atoms with van der Waals surface area (Å²) in [6.45, 7) is 2.69. The third kappa shape index (κ3) is 4.91. The fourth-order valence-electron chi connectivity index (χ4n) is 1.86. The van der Waals surface area contributed by atoms with Gasteiger partial charge in [-0.2, -0.15) is 5.10 Å². The number of amides is 1. The zero-order valence-corrected chi connectivity index (χ0v) is 13.1. The van der Waals surface area contributed by atoms with E-state index in [9.17, 15) is 14.9 Å². The van der Waals surface area contributed by atoms with Crippen LogP contribution in [0.3, 0.4) is 0 Å². The number of hydrogen-bond donors (Lipinski definition) is 1. The highest BCUT2D eigenvalue weighted by Gasteiger charge is 2.10. The molecule has 2 aromatic rings. The first kappa shape index (κ1) is 17.1. The minimum atomic E-state index is -0.553. The Morgan fingerprint density at radius 1 is 1.29 bits per heavy atom. The Hall–Kier alpha value is -3.22. The van der Waals surface area contributed by atoms with Crippen molar-refractivity contribution in [3.8, 4) is 5.75 Å². The van der Waals surface area contributed by atoms with E-state index in [1.807, 2.05) is 31.2 Å². The van der Waals surface area contributed by atoms with Gasteiger partial charge < -0.3 is 4.74 Å². The summed E-state index contributed by atoms with van der Waals surface area (Å²) in [7, 11) is 0. The predicted molar refractivity (Wildman–Crippen MR) is 90.4 cm³/mol. The van der Waals surface area contributed by atoms with Gasteiger partial charge in [0.05, 0.1) is 17.7 Å². The first-order valence-electron chi connectivity index (χ1n) is 7.41. The molecule has 0 aliphatic rings. The van der Waals surface area contributed by atoms with Crippen LogP contribution >= 0.6 is 0 Å². The van der Waals surface area contributed by atoms with Gasteiger partial charge in [0.1, 0.15) is 5.75 Å². The molecule has 0 saturated carbocycles. The molecule has 0 saturated heterocycles. The lowest BCUT2D eigenvalue weighted by atomic mass is 10.2. The highest BCUT2D eigenvalue weighted by atomic mass is 16.6. The number of nitro benzene ring substituents is 1. The molecule has 0 bridgehead atoms. The molecule has 124 valence electrons. The van der Waals surface area contributed by atoms with Crippen molar-refractivity contribution in [1.82, 2.24) is 5.43 Å². The summed E-state index contributed by atoms with van der Waals surface area (Å²) in [6.07, 6.45) is 2.42. The van der Waals surface area contributed by atoms with E-state index in [1.165, 1.54) is 30.5 Å². The lowest BCUT2D eigenvalue weighted by Gasteiger charge is -2.04. The molecule has 0 aliphatic carbocycles. The van der Waals surface area contributed by atoms with Gasteiger partial charge in [0.2, 0.25) is 0 Å². The highest BCUT2D eigenvalue weighted by Crippen LogP contribution is 2.13. The van der Waals surface area contributed by atoms with Crippen molar-refractivity contribution >= 4 is 17.8 Å². The summed E-state index contributed by atoms with van der Waals surface area (Å²) in [5, 5.41) is 14.6.